The van der Waals surface area contributed by atoms with Gasteiger partial charge in [-0.15, -0.1) is 0 Å². The molecule has 2 aromatic carbocycles. The topological polar surface area (TPSA) is 37.4 Å². The Morgan fingerprint density at radius 1 is 1.00 bits per heavy atom. The van der Waals surface area contributed by atoms with Crippen LogP contribution in [0.25, 0.3) is 11.1 Å². The predicted octanol–water partition coefficient (Wildman–Crippen LogP) is 5.10. The van der Waals surface area contributed by atoms with Gasteiger partial charge in [-0.25, -0.2) is 0 Å². The first-order valence-corrected chi connectivity index (χ1v) is 9.62. The van der Waals surface area contributed by atoms with Crippen molar-refractivity contribution in [3.63, 3.8) is 0 Å². The van der Waals surface area contributed by atoms with Crippen molar-refractivity contribution in [3.8, 4) is 11.1 Å². The number of carbonyl (C=O) groups excluding carboxylic acids is 2. The summed E-state index contributed by atoms with van der Waals surface area (Å²) in [6.45, 7) is 9.51. The lowest BCUT2D eigenvalue weighted by Crippen LogP contribution is -2.46. The highest BCUT2D eigenvalue weighted by molar-refractivity contribution is 6.01. The molecule has 2 amide bonds. The highest BCUT2D eigenvalue weighted by Gasteiger charge is 2.49. The van der Waals surface area contributed by atoms with E-state index in [1.165, 1.54) is 16.0 Å². The molecule has 0 aromatic heterocycles. The Balaban J connectivity index is 1.82. The van der Waals surface area contributed by atoms with Gasteiger partial charge >= 0.3 is 0 Å². The minimum absolute atomic E-state index is 0.0478. The molecule has 1 atom stereocenters. The number of likely N-dealkylation sites (tertiary alicyclic amines) is 1. The number of hydrogen-bond donors (Lipinski definition) is 0. The summed E-state index contributed by atoms with van der Waals surface area (Å²) < 4.78 is 0. The van der Waals surface area contributed by atoms with Crippen LogP contribution in [0.3, 0.4) is 0 Å². The van der Waals surface area contributed by atoms with Crippen molar-refractivity contribution in [2.24, 2.45) is 10.8 Å². The summed E-state index contributed by atoms with van der Waals surface area (Å²) >= 11 is 0. The van der Waals surface area contributed by atoms with Crippen LogP contribution in [0.15, 0.2) is 54.6 Å². The molecule has 0 N–H and O–H groups in total. The molecular weight excluding hydrogens is 334 g/mol. The van der Waals surface area contributed by atoms with Crippen molar-refractivity contribution >= 4 is 11.8 Å². The molecule has 27 heavy (non-hydrogen) atoms. The minimum Gasteiger partial charge on any atom is -0.278 e. The lowest BCUT2D eigenvalue weighted by Gasteiger charge is -2.29. The van der Waals surface area contributed by atoms with E-state index in [1.807, 2.05) is 52.8 Å². The third-order valence-electron chi connectivity index (χ3n) is 5.30. The standard InChI is InChI=1S/C24H29NO2/c1-23(2,3)21(26)25-20(16-24(4,5)22(25)27)15-17-11-13-19(14-12-17)18-9-7-6-8-10-18/h6-14,20H,15-16H2,1-5H3. The van der Waals surface area contributed by atoms with E-state index in [2.05, 4.69) is 36.4 Å². The number of carbonyl (C=O) groups is 2. The summed E-state index contributed by atoms with van der Waals surface area (Å²) in [6.07, 6.45) is 1.40. The Labute approximate surface area is 162 Å². The van der Waals surface area contributed by atoms with Crippen LogP contribution in [0.4, 0.5) is 0 Å². The van der Waals surface area contributed by atoms with Crippen LogP contribution >= 0.6 is 0 Å². The zero-order valence-electron chi connectivity index (χ0n) is 17.0. The molecule has 0 aliphatic carbocycles. The molecule has 1 aliphatic heterocycles. The molecule has 3 heteroatoms. The van der Waals surface area contributed by atoms with E-state index in [-0.39, 0.29) is 17.9 Å². The van der Waals surface area contributed by atoms with Crippen molar-refractivity contribution in [2.45, 2.75) is 53.5 Å². The van der Waals surface area contributed by atoms with E-state index < -0.39 is 10.8 Å². The molecule has 142 valence electrons. The first kappa shape index (κ1) is 19.3. The Bertz CT molecular complexity index is 829. The molecule has 1 saturated heterocycles. The highest BCUT2D eigenvalue weighted by Crippen LogP contribution is 2.39. The van der Waals surface area contributed by atoms with Gasteiger partial charge in [0.25, 0.3) is 0 Å². The third kappa shape index (κ3) is 3.97. The van der Waals surface area contributed by atoms with E-state index in [1.54, 1.807) is 0 Å². The van der Waals surface area contributed by atoms with Gasteiger partial charge in [0, 0.05) is 16.9 Å². The van der Waals surface area contributed by atoms with Crippen LogP contribution in [0.1, 0.15) is 46.6 Å². The van der Waals surface area contributed by atoms with Crippen molar-refractivity contribution in [1.82, 2.24) is 4.90 Å². The number of nitrogens with zero attached hydrogens (tertiary/aromatic N) is 1. The van der Waals surface area contributed by atoms with E-state index in [4.69, 9.17) is 0 Å². The summed E-state index contributed by atoms with van der Waals surface area (Å²) in [7, 11) is 0. The van der Waals surface area contributed by atoms with Crippen molar-refractivity contribution in [1.29, 1.82) is 0 Å². The molecule has 3 rings (SSSR count). The maximum atomic E-state index is 12.9. The van der Waals surface area contributed by atoms with Crippen LogP contribution < -0.4 is 0 Å². The second-order valence-corrected chi connectivity index (χ2v) is 9.24. The Morgan fingerprint density at radius 2 is 1.56 bits per heavy atom. The summed E-state index contributed by atoms with van der Waals surface area (Å²) in [5.41, 5.74) is 2.45. The van der Waals surface area contributed by atoms with E-state index >= 15 is 0 Å². The number of amides is 2. The monoisotopic (exact) mass is 363 g/mol. The van der Waals surface area contributed by atoms with Crippen LogP contribution in [0.2, 0.25) is 0 Å². The number of benzene rings is 2. The van der Waals surface area contributed by atoms with Gasteiger partial charge in [0.2, 0.25) is 11.8 Å². The van der Waals surface area contributed by atoms with E-state index in [0.29, 0.717) is 12.8 Å². The van der Waals surface area contributed by atoms with Gasteiger partial charge in [0.15, 0.2) is 0 Å². The molecule has 0 saturated carbocycles. The zero-order chi connectivity index (χ0) is 19.8. The fourth-order valence-electron chi connectivity index (χ4n) is 3.78. The van der Waals surface area contributed by atoms with Gasteiger partial charge in [-0.05, 0) is 29.5 Å². The van der Waals surface area contributed by atoms with Gasteiger partial charge in [0.1, 0.15) is 0 Å². The average molecular weight is 364 g/mol. The minimum atomic E-state index is -0.564. The summed E-state index contributed by atoms with van der Waals surface area (Å²) in [6, 6.07) is 18.6. The molecule has 1 fully saturated rings. The molecule has 1 aliphatic rings. The first-order valence-electron chi connectivity index (χ1n) is 9.62. The van der Waals surface area contributed by atoms with E-state index in [9.17, 15) is 9.59 Å². The fraction of sp³-hybridized carbons (Fsp3) is 0.417. The van der Waals surface area contributed by atoms with Gasteiger partial charge in [-0.3, -0.25) is 14.5 Å². The number of rotatable bonds is 3. The molecule has 0 bridgehead atoms. The van der Waals surface area contributed by atoms with E-state index in [0.717, 1.165) is 5.56 Å². The van der Waals surface area contributed by atoms with Gasteiger partial charge in [0.05, 0.1) is 0 Å². The summed E-state index contributed by atoms with van der Waals surface area (Å²) in [5.74, 6) is -0.127. The lowest BCUT2D eigenvalue weighted by atomic mass is 9.88. The molecular formula is C24H29NO2. The van der Waals surface area contributed by atoms with Gasteiger partial charge in [-0.1, -0.05) is 89.2 Å². The Hall–Kier alpha value is -2.42. The molecule has 0 spiro atoms. The SMILES string of the molecule is CC(C)(C)C(=O)N1C(=O)C(C)(C)CC1Cc1ccc(-c2ccccc2)cc1. The second kappa shape index (κ2) is 6.95. The fourth-order valence-corrected chi connectivity index (χ4v) is 3.78. The second-order valence-electron chi connectivity index (χ2n) is 9.24. The predicted molar refractivity (Wildman–Crippen MR) is 109 cm³/mol. The van der Waals surface area contributed by atoms with Crippen molar-refractivity contribution in [3.05, 3.63) is 60.2 Å². The summed E-state index contributed by atoms with van der Waals surface area (Å²) in [5, 5.41) is 0. The van der Waals surface area contributed by atoms with Crippen LogP contribution in [0, 0.1) is 10.8 Å². The van der Waals surface area contributed by atoms with Crippen LogP contribution in [0.5, 0.6) is 0 Å². The number of hydrogen-bond acceptors (Lipinski definition) is 2. The van der Waals surface area contributed by atoms with Gasteiger partial charge < -0.3 is 0 Å². The molecule has 3 nitrogen and oxygen atoms in total. The quantitative estimate of drug-likeness (QED) is 0.761. The Morgan fingerprint density at radius 3 is 2.11 bits per heavy atom. The Kier molecular flexibility index (Phi) is 4.98. The zero-order valence-corrected chi connectivity index (χ0v) is 17.0. The largest absolute Gasteiger partial charge is 0.278 e. The van der Waals surface area contributed by atoms with Crippen molar-refractivity contribution in [2.75, 3.05) is 0 Å². The molecule has 0 radical (unpaired) electrons. The smallest absolute Gasteiger partial charge is 0.235 e. The van der Waals surface area contributed by atoms with Crippen LogP contribution in [-0.2, 0) is 16.0 Å². The number of imide groups is 1. The maximum absolute atomic E-state index is 12.9. The molecule has 2 aromatic rings. The molecule has 1 heterocycles. The summed E-state index contributed by atoms with van der Waals surface area (Å²) in [4.78, 5) is 27.3. The van der Waals surface area contributed by atoms with Crippen molar-refractivity contribution < 1.29 is 9.59 Å². The first-order chi connectivity index (χ1) is 12.6. The normalized spacial score (nSPS) is 19.4. The van der Waals surface area contributed by atoms with Crippen LogP contribution in [-0.4, -0.2) is 22.8 Å². The maximum Gasteiger partial charge on any atom is 0.235 e. The average Bonchev–Trinajstić information content (AvgIpc) is 2.83. The third-order valence-corrected chi connectivity index (χ3v) is 5.30. The lowest BCUT2D eigenvalue weighted by molar-refractivity contribution is -0.152. The van der Waals surface area contributed by atoms with Gasteiger partial charge in [-0.2, -0.15) is 0 Å². The molecule has 1 unspecified atom stereocenters. The highest BCUT2D eigenvalue weighted by atomic mass is 16.2.